The molecule has 0 aliphatic heterocycles. The molecule has 0 aromatic carbocycles. The average molecular weight is 264 g/mol. The lowest BCUT2D eigenvalue weighted by atomic mass is 9.96. The summed E-state index contributed by atoms with van der Waals surface area (Å²) in [6.07, 6.45) is 4.62. The fraction of sp³-hybridized carbons (Fsp3) is 0.500. The van der Waals surface area contributed by atoms with Crippen LogP contribution in [0.2, 0.25) is 0 Å². The number of aromatic nitrogens is 2. The first-order valence-corrected chi connectivity index (χ1v) is 6.06. The van der Waals surface area contributed by atoms with Crippen LogP contribution in [0, 0.1) is 5.92 Å². The summed E-state index contributed by atoms with van der Waals surface area (Å²) in [6, 6.07) is 1.17. The molecule has 1 aliphatic carbocycles. The van der Waals surface area contributed by atoms with E-state index in [-0.39, 0.29) is 12.5 Å². The minimum absolute atomic E-state index is 0.00907. The van der Waals surface area contributed by atoms with Crippen molar-refractivity contribution in [2.45, 2.75) is 31.8 Å². The standard InChI is InChI=1S/C12H16N4O3/c1-12(10(17)18,8-2-3-8)16-11(19)14-6-9-4-5-13-7-15-9/h4-5,7-8H,2-3,6H2,1H3,(H,17,18)(H2,14,16,19). The van der Waals surface area contributed by atoms with E-state index in [2.05, 4.69) is 20.6 Å². The third-order valence-electron chi connectivity index (χ3n) is 3.28. The summed E-state index contributed by atoms with van der Waals surface area (Å²) in [5, 5.41) is 14.3. The van der Waals surface area contributed by atoms with Gasteiger partial charge < -0.3 is 15.7 Å². The molecule has 0 bridgehead atoms. The summed E-state index contributed by atoms with van der Waals surface area (Å²) >= 11 is 0. The first-order valence-electron chi connectivity index (χ1n) is 6.06. The molecule has 7 nitrogen and oxygen atoms in total. The number of rotatable bonds is 5. The molecule has 0 radical (unpaired) electrons. The van der Waals surface area contributed by atoms with Gasteiger partial charge in [-0.1, -0.05) is 0 Å². The molecule has 2 amide bonds. The third-order valence-corrected chi connectivity index (χ3v) is 3.28. The molecule has 0 spiro atoms. The van der Waals surface area contributed by atoms with Crippen molar-refractivity contribution in [1.29, 1.82) is 0 Å². The van der Waals surface area contributed by atoms with Gasteiger partial charge in [0.05, 0.1) is 12.2 Å². The van der Waals surface area contributed by atoms with E-state index in [0.29, 0.717) is 5.69 Å². The van der Waals surface area contributed by atoms with Crippen LogP contribution in [-0.4, -0.2) is 32.6 Å². The molecule has 19 heavy (non-hydrogen) atoms. The van der Waals surface area contributed by atoms with Crippen molar-refractivity contribution in [2.75, 3.05) is 0 Å². The molecule has 1 saturated carbocycles. The quantitative estimate of drug-likeness (QED) is 0.719. The van der Waals surface area contributed by atoms with Crippen LogP contribution in [0.1, 0.15) is 25.5 Å². The van der Waals surface area contributed by atoms with E-state index in [4.69, 9.17) is 0 Å². The van der Waals surface area contributed by atoms with Crippen molar-refractivity contribution in [2.24, 2.45) is 5.92 Å². The summed E-state index contributed by atoms with van der Waals surface area (Å²) < 4.78 is 0. The van der Waals surface area contributed by atoms with Crippen molar-refractivity contribution >= 4 is 12.0 Å². The lowest BCUT2D eigenvalue weighted by Crippen LogP contribution is -2.56. The van der Waals surface area contributed by atoms with Gasteiger partial charge >= 0.3 is 12.0 Å². The molecule has 1 aliphatic rings. The lowest BCUT2D eigenvalue weighted by molar-refractivity contribution is -0.144. The number of nitrogens with one attached hydrogen (secondary N) is 2. The van der Waals surface area contributed by atoms with Gasteiger partial charge in [0, 0.05) is 6.20 Å². The predicted octanol–water partition coefficient (Wildman–Crippen LogP) is 0.529. The minimum atomic E-state index is -1.20. The van der Waals surface area contributed by atoms with Crippen LogP contribution in [0.25, 0.3) is 0 Å². The van der Waals surface area contributed by atoms with E-state index in [9.17, 15) is 14.7 Å². The highest BCUT2D eigenvalue weighted by molar-refractivity contribution is 5.86. The highest BCUT2D eigenvalue weighted by Gasteiger charge is 2.48. The number of aliphatic carboxylic acids is 1. The zero-order valence-electron chi connectivity index (χ0n) is 10.6. The van der Waals surface area contributed by atoms with E-state index in [1.807, 2.05) is 0 Å². The molecule has 0 saturated heterocycles. The average Bonchev–Trinajstić information content (AvgIpc) is 3.22. The fourth-order valence-corrected chi connectivity index (χ4v) is 1.86. The molecule has 1 atom stereocenters. The molecule has 1 unspecified atom stereocenters. The number of carbonyl (C=O) groups is 2. The summed E-state index contributed by atoms with van der Waals surface area (Å²) in [7, 11) is 0. The Balaban J connectivity index is 1.88. The zero-order valence-corrected chi connectivity index (χ0v) is 10.6. The van der Waals surface area contributed by atoms with Crippen LogP contribution in [0.5, 0.6) is 0 Å². The first-order chi connectivity index (χ1) is 9.02. The minimum Gasteiger partial charge on any atom is -0.480 e. The summed E-state index contributed by atoms with van der Waals surface area (Å²) in [5.41, 5.74) is -0.538. The molecular weight excluding hydrogens is 248 g/mol. The van der Waals surface area contributed by atoms with Gasteiger partial charge in [0.1, 0.15) is 11.9 Å². The number of carboxylic acids is 1. The zero-order chi connectivity index (χ0) is 13.9. The molecule has 1 aromatic rings. The number of amides is 2. The van der Waals surface area contributed by atoms with Crippen molar-refractivity contribution in [1.82, 2.24) is 20.6 Å². The number of hydrogen-bond acceptors (Lipinski definition) is 4. The van der Waals surface area contributed by atoms with Crippen LogP contribution in [0.15, 0.2) is 18.6 Å². The van der Waals surface area contributed by atoms with Gasteiger partial charge in [0.2, 0.25) is 0 Å². The first kappa shape index (κ1) is 13.3. The SMILES string of the molecule is CC(NC(=O)NCc1ccncn1)(C(=O)O)C1CC1. The van der Waals surface area contributed by atoms with Gasteiger partial charge in [-0.3, -0.25) is 0 Å². The van der Waals surface area contributed by atoms with Crippen LogP contribution < -0.4 is 10.6 Å². The van der Waals surface area contributed by atoms with Gasteiger partial charge in [0.15, 0.2) is 0 Å². The second-order valence-corrected chi connectivity index (χ2v) is 4.79. The Morgan fingerprint density at radius 3 is 2.79 bits per heavy atom. The molecule has 7 heteroatoms. The van der Waals surface area contributed by atoms with Gasteiger partial charge in [0.25, 0.3) is 0 Å². The van der Waals surface area contributed by atoms with Gasteiger partial charge in [-0.2, -0.15) is 0 Å². The normalized spacial score (nSPS) is 17.3. The molecule has 2 rings (SSSR count). The topological polar surface area (TPSA) is 104 Å². The van der Waals surface area contributed by atoms with E-state index < -0.39 is 17.5 Å². The van der Waals surface area contributed by atoms with Crippen molar-refractivity contribution in [3.63, 3.8) is 0 Å². The highest BCUT2D eigenvalue weighted by Crippen LogP contribution is 2.39. The number of carboxylic acid groups (broad SMARTS) is 1. The van der Waals surface area contributed by atoms with E-state index in [1.54, 1.807) is 12.3 Å². The Hall–Kier alpha value is -2.18. The smallest absolute Gasteiger partial charge is 0.329 e. The van der Waals surface area contributed by atoms with E-state index in [1.165, 1.54) is 13.3 Å². The van der Waals surface area contributed by atoms with Crippen LogP contribution in [-0.2, 0) is 11.3 Å². The number of carbonyl (C=O) groups excluding carboxylic acids is 1. The Morgan fingerprint density at radius 2 is 2.26 bits per heavy atom. The van der Waals surface area contributed by atoms with Crippen molar-refractivity contribution in [3.05, 3.63) is 24.3 Å². The lowest BCUT2D eigenvalue weighted by Gasteiger charge is -2.26. The summed E-state index contributed by atoms with van der Waals surface area (Å²) in [6.45, 7) is 1.77. The Labute approximate surface area is 110 Å². The highest BCUT2D eigenvalue weighted by atomic mass is 16.4. The van der Waals surface area contributed by atoms with Crippen molar-refractivity contribution < 1.29 is 14.7 Å². The van der Waals surface area contributed by atoms with Crippen LogP contribution in [0.3, 0.4) is 0 Å². The Bertz CT molecular complexity index is 475. The third kappa shape index (κ3) is 3.18. The van der Waals surface area contributed by atoms with Crippen molar-refractivity contribution in [3.8, 4) is 0 Å². The van der Waals surface area contributed by atoms with Gasteiger partial charge in [-0.05, 0) is 31.7 Å². The second kappa shape index (κ2) is 5.21. The predicted molar refractivity (Wildman–Crippen MR) is 66.2 cm³/mol. The molecular formula is C12H16N4O3. The largest absolute Gasteiger partial charge is 0.480 e. The maximum Gasteiger partial charge on any atom is 0.329 e. The summed E-state index contributed by atoms with van der Waals surface area (Å²) in [5.74, 6) is -0.998. The molecule has 1 fully saturated rings. The Kier molecular flexibility index (Phi) is 3.64. The van der Waals surface area contributed by atoms with Crippen LogP contribution >= 0.6 is 0 Å². The fourth-order valence-electron chi connectivity index (χ4n) is 1.86. The molecule has 3 N–H and O–H groups in total. The summed E-state index contributed by atoms with van der Waals surface area (Å²) in [4.78, 5) is 30.7. The number of hydrogen-bond donors (Lipinski definition) is 3. The maximum atomic E-state index is 11.7. The Morgan fingerprint density at radius 1 is 1.53 bits per heavy atom. The van der Waals surface area contributed by atoms with E-state index in [0.717, 1.165) is 12.8 Å². The van der Waals surface area contributed by atoms with Gasteiger partial charge in [-0.15, -0.1) is 0 Å². The van der Waals surface area contributed by atoms with Crippen LogP contribution in [0.4, 0.5) is 4.79 Å². The monoisotopic (exact) mass is 264 g/mol. The number of nitrogens with zero attached hydrogens (tertiary/aromatic N) is 2. The maximum absolute atomic E-state index is 11.7. The molecule has 1 heterocycles. The number of urea groups is 1. The molecule has 102 valence electrons. The molecule has 1 aromatic heterocycles. The van der Waals surface area contributed by atoms with Gasteiger partial charge in [-0.25, -0.2) is 19.6 Å². The van der Waals surface area contributed by atoms with E-state index >= 15 is 0 Å². The second-order valence-electron chi connectivity index (χ2n) is 4.79.